The van der Waals surface area contributed by atoms with Gasteiger partial charge in [-0.05, 0) is 5.56 Å². The van der Waals surface area contributed by atoms with Crippen LogP contribution in [-0.2, 0) is 6.54 Å². The molecule has 0 atom stereocenters. The largest absolute Gasteiger partial charge is 0.383 e. The minimum absolute atomic E-state index is 0.0367. The van der Waals surface area contributed by atoms with Crippen LogP contribution in [0.5, 0.6) is 0 Å². The van der Waals surface area contributed by atoms with Crippen LogP contribution < -0.4 is 22.3 Å². The zero-order valence-electron chi connectivity index (χ0n) is 8.99. The van der Waals surface area contributed by atoms with Gasteiger partial charge in [-0.3, -0.25) is 14.8 Å². The molecule has 0 aliphatic heterocycles. The van der Waals surface area contributed by atoms with E-state index in [4.69, 9.17) is 5.73 Å². The number of hydrogen-bond donors (Lipinski definition) is 4. The number of benzene rings is 1. The highest BCUT2D eigenvalue weighted by atomic mass is 16.2. The van der Waals surface area contributed by atoms with Crippen molar-refractivity contribution < 1.29 is 0 Å². The van der Waals surface area contributed by atoms with E-state index in [2.05, 4.69) is 15.3 Å². The first-order valence-electron chi connectivity index (χ1n) is 5.06. The quantitative estimate of drug-likeness (QED) is 0.609. The van der Waals surface area contributed by atoms with Crippen LogP contribution >= 0.6 is 0 Å². The summed E-state index contributed by atoms with van der Waals surface area (Å²) in [5.74, 6) is 0.0367. The average Bonchev–Trinajstić information content (AvgIpc) is 2.29. The van der Waals surface area contributed by atoms with E-state index in [0.717, 1.165) is 5.56 Å². The van der Waals surface area contributed by atoms with Gasteiger partial charge in [-0.25, -0.2) is 4.79 Å². The summed E-state index contributed by atoms with van der Waals surface area (Å²) in [5, 5.41) is 2.89. The van der Waals surface area contributed by atoms with Crippen LogP contribution in [0.15, 0.2) is 39.9 Å². The first kappa shape index (κ1) is 11.0. The number of aromatic amines is 2. The van der Waals surface area contributed by atoms with Gasteiger partial charge in [-0.2, -0.15) is 0 Å². The zero-order chi connectivity index (χ0) is 12.3. The lowest BCUT2D eigenvalue weighted by Crippen LogP contribution is -2.26. The van der Waals surface area contributed by atoms with Crippen molar-refractivity contribution in [3.63, 3.8) is 0 Å². The number of H-pyrrole nitrogens is 2. The molecule has 1 heterocycles. The lowest BCUT2D eigenvalue weighted by atomic mass is 10.2. The predicted molar refractivity (Wildman–Crippen MR) is 65.9 cm³/mol. The Morgan fingerprint density at radius 2 is 1.82 bits per heavy atom. The fraction of sp³-hybridized carbons (Fsp3) is 0.0909. The summed E-state index contributed by atoms with van der Waals surface area (Å²) < 4.78 is 0. The number of nitrogen functional groups attached to an aromatic ring is 1. The predicted octanol–water partition coefficient (Wildman–Crippen LogP) is 0.257. The summed E-state index contributed by atoms with van der Waals surface area (Å²) in [5.41, 5.74) is 5.60. The maximum Gasteiger partial charge on any atom is 0.327 e. The topological polar surface area (TPSA) is 104 Å². The van der Waals surface area contributed by atoms with Crippen molar-refractivity contribution in [1.29, 1.82) is 0 Å². The molecule has 0 bridgehead atoms. The molecule has 0 aliphatic carbocycles. The third-order valence-electron chi connectivity index (χ3n) is 2.28. The van der Waals surface area contributed by atoms with Crippen LogP contribution in [0.3, 0.4) is 0 Å². The first-order valence-corrected chi connectivity index (χ1v) is 5.06. The third kappa shape index (κ3) is 2.54. The molecule has 6 heteroatoms. The molecule has 2 aromatic rings. The van der Waals surface area contributed by atoms with Gasteiger partial charge in [0.05, 0.1) is 0 Å². The molecule has 0 saturated carbocycles. The zero-order valence-corrected chi connectivity index (χ0v) is 8.99. The summed E-state index contributed by atoms with van der Waals surface area (Å²) in [6.07, 6.45) is 0. The second-order valence-electron chi connectivity index (χ2n) is 3.54. The molecule has 5 N–H and O–H groups in total. The Morgan fingerprint density at radius 1 is 1.12 bits per heavy atom. The Morgan fingerprint density at radius 3 is 2.47 bits per heavy atom. The normalized spacial score (nSPS) is 10.1. The maximum absolute atomic E-state index is 11.5. The Kier molecular flexibility index (Phi) is 2.95. The molecule has 0 aliphatic rings. The molecule has 88 valence electrons. The molecule has 1 aromatic carbocycles. The van der Waals surface area contributed by atoms with Gasteiger partial charge >= 0.3 is 5.69 Å². The van der Waals surface area contributed by atoms with Crippen LogP contribution in [-0.4, -0.2) is 9.97 Å². The molecule has 0 saturated heterocycles. The van der Waals surface area contributed by atoms with Crippen LogP contribution in [0.1, 0.15) is 5.56 Å². The van der Waals surface area contributed by atoms with Crippen LogP contribution in [0.2, 0.25) is 0 Å². The second kappa shape index (κ2) is 4.56. The highest BCUT2D eigenvalue weighted by Crippen LogP contribution is 2.08. The van der Waals surface area contributed by atoms with Crippen LogP contribution in [0.25, 0.3) is 0 Å². The Balaban J connectivity index is 2.21. The number of nitrogens with two attached hydrogens (primary N) is 1. The van der Waals surface area contributed by atoms with Gasteiger partial charge < -0.3 is 11.1 Å². The fourth-order valence-electron chi connectivity index (χ4n) is 1.47. The SMILES string of the molecule is Nc1[nH]c(=O)[nH]c(=O)c1NCc1ccccc1. The number of aromatic nitrogens is 2. The highest BCUT2D eigenvalue weighted by molar-refractivity contribution is 5.59. The Labute approximate surface area is 96.5 Å². The molecule has 0 amide bonds. The van der Waals surface area contributed by atoms with E-state index < -0.39 is 11.2 Å². The van der Waals surface area contributed by atoms with E-state index in [9.17, 15) is 9.59 Å². The number of rotatable bonds is 3. The smallest absolute Gasteiger partial charge is 0.327 e. The molecule has 17 heavy (non-hydrogen) atoms. The van der Waals surface area contributed by atoms with Crippen molar-refractivity contribution in [3.8, 4) is 0 Å². The molecule has 0 radical (unpaired) electrons. The Hall–Kier alpha value is -2.50. The van der Waals surface area contributed by atoms with E-state index in [1.54, 1.807) is 0 Å². The highest BCUT2D eigenvalue weighted by Gasteiger charge is 2.05. The number of anilines is 2. The maximum atomic E-state index is 11.5. The average molecular weight is 232 g/mol. The molecule has 2 rings (SSSR count). The van der Waals surface area contributed by atoms with Crippen molar-refractivity contribution >= 4 is 11.5 Å². The van der Waals surface area contributed by atoms with Crippen molar-refractivity contribution in [2.45, 2.75) is 6.54 Å². The third-order valence-corrected chi connectivity index (χ3v) is 2.28. The van der Waals surface area contributed by atoms with Crippen molar-refractivity contribution in [2.75, 3.05) is 11.1 Å². The van der Waals surface area contributed by atoms with Crippen molar-refractivity contribution in [3.05, 3.63) is 56.7 Å². The van der Waals surface area contributed by atoms with Gasteiger partial charge in [0.2, 0.25) is 0 Å². The lowest BCUT2D eigenvalue weighted by Gasteiger charge is -2.07. The monoisotopic (exact) mass is 232 g/mol. The van der Waals surface area contributed by atoms with Gasteiger partial charge in [0.25, 0.3) is 5.56 Å². The minimum Gasteiger partial charge on any atom is -0.383 e. The molecule has 0 unspecified atom stereocenters. The van der Waals surface area contributed by atoms with Gasteiger partial charge in [0, 0.05) is 6.54 Å². The van der Waals surface area contributed by atoms with E-state index in [1.807, 2.05) is 30.3 Å². The number of nitrogens with one attached hydrogen (secondary N) is 3. The van der Waals surface area contributed by atoms with E-state index in [-0.39, 0.29) is 11.5 Å². The van der Waals surface area contributed by atoms with Crippen molar-refractivity contribution in [2.24, 2.45) is 0 Å². The summed E-state index contributed by atoms with van der Waals surface area (Å²) in [7, 11) is 0. The molecule has 0 spiro atoms. The van der Waals surface area contributed by atoms with Gasteiger partial charge in [-0.1, -0.05) is 30.3 Å². The lowest BCUT2D eigenvalue weighted by molar-refractivity contribution is 1.02. The van der Waals surface area contributed by atoms with Gasteiger partial charge in [0.15, 0.2) is 0 Å². The van der Waals surface area contributed by atoms with E-state index in [0.29, 0.717) is 6.54 Å². The molecule has 1 aromatic heterocycles. The van der Waals surface area contributed by atoms with Gasteiger partial charge in [-0.15, -0.1) is 0 Å². The Bertz CT molecular complexity index is 615. The first-order chi connectivity index (χ1) is 8.16. The fourth-order valence-corrected chi connectivity index (χ4v) is 1.47. The molecule has 0 fully saturated rings. The molecular formula is C11H12N4O2. The van der Waals surface area contributed by atoms with Crippen LogP contribution in [0, 0.1) is 0 Å². The van der Waals surface area contributed by atoms with Crippen molar-refractivity contribution in [1.82, 2.24) is 9.97 Å². The minimum atomic E-state index is -0.613. The summed E-state index contributed by atoms with van der Waals surface area (Å²) in [6, 6.07) is 9.55. The second-order valence-corrected chi connectivity index (χ2v) is 3.54. The summed E-state index contributed by atoms with van der Waals surface area (Å²) in [6.45, 7) is 0.458. The standard InChI is InChI=1S/C11H12N4O2/c12-9-8(10(16)15-11(17)14-9)13-6-7-4-2-1-3-5-7/h1-5,13H,6H2,(H4,12,14,15,16,17). The van der Waals surface area contributed by atoms with E-state index >= 15 is 0 Å². The van der Waals surface area contributed by atoms with E-state index in [1.165, 1.54) is 0 Å². The molecule has 6 nitrogen and oxygen atoms in total. The summed E-state index contributed by atoms with van der Waals surface area (Å²) in [4.78, 5) is 26.8. The van der Waals surface area contributed by atoms with Crippen LogP contribution in [0.4, 0.5) is 11.5 Å². The number of hydrogen-bond acceptors (Lipinski definition) is 4. The molecular weight excluding hydrogens is 220 g/mol. The van der Waals surface area contributed by atoms with Gasteiger partial charge in [0.1, 0.15) is 11.5 Å². The summed E-state index contributed by atoms with van der Waals surface area (Å²) >= 11 is 0.